The van der Waals surface area contributed by atoms with Crippen molar-refractivity contribution < 1.29 is 23.1 Å². The highest BCUT2D eigenvalue weighted by Crippen LogP contribution is 2.28. The van der Waals surface area contributed by atoms with Crippen molar-refractivity contribution in [3.8, 4) is 0 Å². The molecule has 1 unspecified atom stereocenters. The average Bonchev–Trinajstić information content (AvgIpc) is 2.74. The van der Waals surface area contributed by atoms with E-state index in [0.29, 0.717) is 6.42 Å². The van der Waals surface area contributed by atoms with Crippen molar-refractivity contribution in [3.05, 3.63) is 0 Å². The fourth-order valence-electron chi connectivity index (χ4n) is 2.02. The number of amides is 1. The molecule has 9 heteroatoms. The van der Waals surface area contributed by atoms with Crippen LogP contribution in [0, 0.1) is 0 Å². The highest BCUT2D eigenvalue weighted by atomic mass is 32.2. The van der Waals surface area contributed by atoms with Crippen molar-refractivity contribution in [3.63, 3.8) is 0 Å². The number of carboxylic acids is 1. The maximum atomic E-state index is 12.1. The van der Waals surface area contributed by atoms with Crippen LogP contribution in [0.3, 0.4) is 0 Å². The molecule has 1 amide bonds. The van der Waals surface area contributed by atoms with Gasteiger partial charge in [0.2, 0.25) is 5.91 Å². The second kappa shape index (κ2) is 6.53. The SMILES string of the molecule is CN(C(=O)CSC(C)(C)[C@H](N)C(=O)O)C1CCS(=O)(=O)C1. The first-order valence-corrected chi connectivity index (χ1v) is 9.35. The van der Waals surface area contributed by atoms with E-state index in [2.05, 4.69) is 0 Å². The zero-order chi connectivity index (χ0) is 16.4. The molecule has 2 atom stereocenters. The van der Waals surface area contributed by atoms with Crippen LogP contribution >= 0.6 is 11.8 Å². The van der Waals surface area contributed by atoms with Crippen molar-refractivity contribution in [2.24, 2.45) is 5.73 Å². The molecule has 122 valence electrons. The van der Waals surface area contributed by atoms with Crippen LogP contribution in [0.25, 0.3) is 0 Å². The van der Waals surface area contributed by atoms with Gasteiger partial charge in [-0.25, -0.2) is 8.42 Å². The van der Waals surface area contributed by atoms with E-state index in [9.17, 15) is 18.0 Å². The first-order chi connectivity index (χ1) is 9.46. The highest BCUT2D eigenvalue weighted by molar-refractivity contribution is 8.01. The number of carbonyl (C=O) groups excluding carboxylic acids is 1. The molecular weight excluding hydrogens is 316 g/mol. The lowest BCUT2D eigenvalue weighted by atomic mass is 10.1. The van der Waals surface area contributed by atoms with Crippen LogP contribution in [-0.2, 0) is 19.4 Å². The summed E-state index contributed by atoms with van der Waals surface area (Å²) in [7, 11) is -1.46. The van der Waals surface area contributed by atoms with Crippen LogP contribution in [0.2, 0.25) is 0 Å². The summed E-state index contributed by atoms with van der Waals surface area (Å²) in [5.41, 5.74) is 5.59. The highest BCUT2D eigenvalue weighted by Gasteiger charge is 2.36. The second-order valence-corrected chi connectivity index (χ2v) is 9.63. The van der Waals surface area contributed by atoms with Crippen molar-refractivity contribution in [1.82, 2.24) is 4.90 Å². The van der Waals surface area contributed by atoms with Gasteiger partial charge in [0.15, 0.2) is 9.84 Å². The van der Waals surface area contributed by atoms with Gasteiger partial charge < -0.3 is 15.7 Å². The van der Waals surface area contributed by atoms with Gasteiger partial charge in [-0.05, 0) is 20.3 Å². The summed E-state index contributed by atoms with van der Waals surface area (Å²) >= 11 is 1.16. The Morgan fingerprint density at radius 2 is 2.05 bits per heavy atom. The lowest BCUT2D eigenvalue weighted by Crippen LogP contribution is -2.48. The monoisotopic (exact) mass is 338 g/mol. The number of carbonyl (C=O) groups is 2. The molecule has 1 heterocycles. The first kappa shape index (κ1) is 18.2. The van der Waals surface area contributed by atoms with Crippen LogP contribution < -0.4 is 5.73 Å². The van der Waals surface area contributed by atoms with E-state index in [1.165, 1.54) is 4.90 Å². The Morgan fingerprint density at radius 1 is 1.48 bits per heavy atom. The van der Waals surface area contributed by atoms with E-state index in [0.717, 1.165) is 11.8 Å². The van der Waals surface area contributed by atoms with Crippen molar-refractivity contribution in [2.45, 2.75) is 37.1 Å². The average molecular weight is 338 g/mol. The van der Waals surface area contributed by atoms with E-state index in [1.54, 1.807) is 20.9 Å². The molecule has 21 heavy (non-hydrogen) atoms. The van der Waals surface area contributed by atoms with Gasteiger partial charge >= 0.3 is 5.97 Å². The molecule has 0 spiro atoms. The Hall–Kier alpha value is -0.800. The summed E-state index contributed by atoms with van der Waals surface area (Å²) in [6, 6.07) is -1.37. The van der Waals surface area contributed by atoms with Crippen LogP contribution in [-0.4, -0.2) is 71.4 Å². The molecule has 1 rings (SSSR count). The molecule has 7 nitrogen and oxygen atoms in total. The third-order valence-electron chi connectivity index (χ3n) is 3.73. The summed E-state index contributed by atoms with van der Waals surface area (Å²) in [5, 5.41) is 8.92. The van der Waals surface area contributed by atoms with Gasteiger partial charge in [0, 0.05) is 17.8 Å². The maximum absolute atomic E-state index is 12.1. The molecule has 0 aliphatic carbocycles. The Balaban J connectivity index is 2.56. The van der Waals surface area contributed by atoms with E-state index >= 15 is 0 Å². The quantitative estimate of drug-likeness (QED) is 0.674. The molecule has 1 fully saturated rings. The topological polar surface area (TPSA) is 118 Å². The number of carboxylic acid groups (broad SMARTS) is 1. The number of aliphatic carboxylic acids is 1. The van der Waals surface area contributed by atoms with Gasteiger partial charge in [0.25, 0.3) is 0 Å². The Morgan fingerprint density at radius 3 is 2.48 bits per heavy atom. The summed E-state index contributed by atoms with van der Waals surface area (Å²) in [6.07, 6.45) is 0.452. The fraction of sp³-hybridized carbons (Fsp3) is 0.833. The minimum absolute atomic E-state index is 0.00204. The fourth-order valence-corrected chi connectivity index (χ4v) is 4.78. The van der Waals surface area contributed by atoms with Gasteiger partial charge in [-0.15, -0.1) is 11.8 Å². The van der Waals surface area contributed by atoms with E-state index in [1.807, 2.05) is 0 Å². The van der Waals surface area contributed by atoms with Gasteiger partial charge in [-0.3, -0.25) is 9.59 Å². The van der Waals surface area contributed by atoms with Gasteiger partial charge in [0.05, 0.1) is 17.3 Å². The maximum Gasteiger partial charge on any atom is 0.321 e. The smallest absolute Gasteiger partial charge is 0.321 e. The molecule has 1 aliphatic rings. The van der Waals surface area contributed by atoms with E-state index < -0.39 is 26.6 Å². The summed E-state index contributed by atoms with van der Waals surface area (Å²) in [4.78, 5) is 24.5. The minimum Gasteiger partial charge on any atom is -0.480 e. The van der Waals surface area contributed by atoms with Crippen molar-refractivity contribution in [2.75, 3.05) is 24.3 Å². The van der Waals surface area contributed by atoms with E-state index in [4.69, 9.17) is 10.8 Å². The number of nitrogens with zero attached hydrogens (tertiary/aromatic N) is 1. The number of rotatable bonds is 6. The number of sulfone groups is 1. The number of nitrogens with two attached hydrogens (primary N) is 1. The van der Waals surface area contributed by atoms with Crippen LogP contribution in [0.5, 0.6) is 0 Å². The summed E-state index contributed by atoms with van der Waals surface area (Å²) in [6.45, 7) is 3.34. The van der Waals surface area contributed by atoms with Gasteiger partial charge in [-0.2, -0.15) is 0 Å². The molecule has 0 saturated carbocycles. The summed E-state index contributed by atoms with van der Waals surface area (Å²) in [5.74, 6) is -1.15. The molecule has 0 aromatic heterocycles. The number of hydrogen-bond acceptors (Lipinski definition) is 6. The first-order valence-electron chi connectivity index (χ1n) is 6.55. The second-order valence-electron chi connectivity index (χ2n) is 5.77. The van der Waals surface area contributed by atoms with E-state index in [-0.39, 0.29) is 29.2 Å². The zero-order valence-corrected chi connectivity index (χ0v) is 14.0. The zero-order valence-electron chi connectivity index (χ0n) is 12.4. The molecule has 0 aromatic carbocycles. The Kier molecular flexibility index (Phi) is 5.68. The van der Waals surface area contributed by atoms with Crippen LogP contribution in [0.1, 0.15) is 20.3 Å². The third-order valence-corrected chi connectivity index (χ3v) is 6.87. The number of hydrogen-bond donors (Lipinski definition) is 2. The predicted molar refractivity (Wildman–Crippen MR) is 82.0 cm³/mol. The Bertz CT molecular complexity index is 518. The van der Waals surface area contributed by atoms with Crippen LogP contribution in [0.15, 0.2) is 0 Å². The normalized spacial score (nSPS) is 22.8. The molecule has 1 aliphatic heterocycles. The Labute approximate surface area is 129 Å². The summed E-state index contributed by atoms with van der Waals surface area (Å²) < 4.78 is 22.1. The largest absolute Gasteiger partial charge is 0.480 e. The third kappa shape index (κ3) is 4.86. The molecule has 1 saturated heterocycles. The lowest BCUT2D eigenvalue weighted by molar-refractivity contribution is -0.139. The van der Waals surface area contributed by atoms with Gasteiger partial charge in [0.1, 0.15) is 6.04 Å². The molecule has 0 aromatic rings. The predicted octanol–water partition coefficient (Wildman–Crippen LogP) is -0.444. The molecule has 0 bridgehead atoms. The molecule has 0 radical (unpaired) electrons. The standard InChI is InChI=1S/C12H22N2O5S2/c1-12(2,10(13)11(16)17)20-6-9(15)14(3)8-4-5-21(18,19)7-8/h8,10H,4-7,13H2,1-3H3,(H,16,17)/t8?,10-/m1/s1. The van der Waals surface area contributed by atoms with Crippen molar-refractivity contribution >= 4 is 33.5 Å². The van der Waals surface area contributed by atoms with Crippen molar-refractivity contribution in [1.29, 1.82) is 0 Å². The molecular formula is C12H22N2O5S2. The van der Waals surface area contributed by atoms with Gasteiger partial charge in [-0.1, -0.05) is 0 Å². The lowest BCUT2D eigenvalue weighted by Gasteiger charge is -2.29. The molecule has 3 N–H and O–H groups in total. The minimum atomic E-state index is -3.04. The van der Waals surface area contributed by atoms with Crippen LogP contribution in [0.4, 0.5) is 0 Å². The number of thioether (sulfide) groups is 1.